The van der Waals surface area contributed by atoms with E-state index in [4.69, 9.17) is 14.2 Å². The van der Waals surface area contributed by atoms with Crippen molar-refractivity contribution in [2.24, 2.45) is 10.9 Å². The van der Waals surface area contributed by atoms with E-state index in [1.165, 1.54) is 25.7 Å². The van der Waals surface area contributed by atoms with E-state index in [0.29, 0.717) is 41.9 Å². The van der Waals surface area contributed by atoms with Crippen LogP contribution in [-0.2, 0) is 0 Å². The maximum absolute atomic E-state index is 13.9. The standard InChI is InChI=1S/C27H40N4O4/c1-17(28-4)14-31(16-22-7-6-8-30(22)15-18-9-20-13-21(10-18)29-20)26(32)19-11-23(33-5)25-24(12-19)34-27(2,3)35-25/h11-12,18,20-22,29H,6-10,13-16H2,1-5H3/t18?,20?,21?,22-/m0/s1. The summed E-state index contributed by atoms with van der Waals surface area (Å²) < 4.78 is 17.4. The van der Waals surface area contributed by atoms with Gasteiger partial charge in [-0.3, -0.25) is 14.7 Å². The first kappa shape index (κ1) is 24.4. The average Bonchev–Trinajstić information content (AvgIpc) is 3.38. The number of piperidine rings is 1. The Morgan fingerprint density at radius 3 is 2.69 bits per heavy atom. The van der Waals surface area contributed by atoms with Crippen LogP contribution in [0.3, 0.4) is 0 Å². The number of nitrogens with one attached hydrogen (secondary N) is 1. The largest absolute Gasteiger partial charge is 0.493 e. The summed E-state index contributed by atoms with van der Waals surface area (Å²) in [5.41, 5.74) is 1.49. The van der Waals surface area contributed by atoms with Crippen LogP contribution in [0.4, 0.5) is 0 Å². The summed E-state index contributed by atoms with van der Waals surface area (Å²) in [6.45, 7) is 9.17. The van der Waals surface area contributed by atoms with Crippen LogP contribution in [0.2, 0.25) is 0 Å². The van der Waals surface area contributed by atoms with Crippen molar-refractivity contribution in [3.63, 3.8) is 0 Å². The number of rotatable bonds is 8. The molecule has 192 valence electrons. The lowest BCUT2D eigenvalue weighted by atomic mass is 9.75. The topological polar surface area (TPSA) is 75.6 Å². The van der Waals surface area contributed by atoms with Gasteiger partial charge in [-0.25, -0.2) is 0 Å². The number of nitrogens with zero attached hydrogens (tertiary/aromatic N) is 3. The van der Waals surface area contributed by atoms with Crippen LogP contribution in [0.25, 0.3) is 0 Å². The number of fused-ring (bicyclic) bond motifs is 3. The highest BCUT2D eigenvalue weighted by atomic mass is 16.7. The van der Waals surface area contributed by atoms with Crippen LogP contribution in [0.5, 0.6) is 17.2 Å². The summed E-state index contributed by atoms with van der Waals surface area (Å²) >= 11 is 0. The predicted octanol–water partition coefficient (Wildman–Crippen LogP) is 3.34. The molecule has 1 N–H and O–H groups in total. The van der Waals surface area contributed by atoms with Crippen molar-refractivity contribution in [3.8, 4) is 17.2 Å². The number of likely N-dealkylation sites (tertiary alicyclic amines) is 1. The SMILES string of the molecule is CN=C(C)CN(C[C@@H]1CCCN1CC1CC2CC(C1)N2)C(=O)c1cc(OC)c2c(c1)OC(C)(C)O2. The first-order valence-corrected chi connectivity index (χ1v) is 13.1. The number of aliphatic imine (C=N–C) groups is 1. The molecule has 1 aromatic carbocycles. The van der Waals surface area contributed by atoms with Gasteiger partial charge in [0, 0.05) is 63.4 Å². The van der Waals surface area contributed by atoms with E-state index >= 15 is 0 Å². The van der Waals surface area contributed by atoms with Crippen molar-refractivity contribution in [3.05, 3.63) is 17.7 Å². The van der Waals surface area contributed by atoms with Crippen molar-refractivity contribution < 1.29 is 19.0 Å². The van der Waals surface area contributed by atoms with Crippen LogP contribution in [0.1, 0.15) is 63.2 Å². The molecule has 4 fully saturated rings. The van der Waals surface area contributed by atoms with Gasteiger partial charge in [0.05, 0.1) is 13.7 Å². The number of carbonyl (C=O) groups is 1. The number of hydrogen-bond acceptors (Lipinski definition) is 7. The van der Waals surface area contributed by atoms with E-state index in [0.717, 1.165) is 43.2 Å². The first-order valence-electron chi connectivity index (χ1n) is 13.1. The van der Waals surface area contributed by atoms with E-state index in [9.17, 15) is 4.79 Å². The number of hydrogen-bond donors (Lipinski definition) is 1. The third kappa shape index (κ3) is 5.14. The summed E-state index contributed by atoms with van der Waals surface area (Å²) in [7, 11) is 3.37. The van der Waals surface area contributed by atoms with Gasteiger partial charge in [0.15, 0.2) is 11.5 Å². The van der Waals surface area contributed by atoms with Crippen molar-refractivity contribution in [1.29, 1.82) is 0 Å². The minimum Gasteiger partial charge on any atom is -0.493 e. The Bertz CT molecular complexity index is 978. The summed E-state index contributed by atoms with van der Waals surface area (Å²) in [4.78, 5) is 22.8. The molecular weight excluding hydrogens is 444 g/mol. The number of methoxy groups -OCH3 is 1. The Kier molecular flexibility index (Phi) is 6.70. The minimum atomic E-state index is -0.790. The molecule has 1 aromatic rings. The zero-order chi connectivity index (χ0) is 24.7. The maximum atomic E-state index is 13.9. The summed E-state index contributed by atoms with van der Waals surface area (Å²) in [6.07, 6.45) is 6.25. The van der Waals surface area contributed by atoms with Crippen LogP contribution in [0, 0.1) is 5.92 Å². The van der Waals surface area contributed by atoms with Crippen molar-refractivity contribution in [2.45, 2.75) is 76.8 Å². The molecule has 1 saturated carbocycles. The molecule has 8 heteroatoms. The van der Waals surface area contributed by atoms with Crippen molar-refractivity contribution >= 4 is 11.6 Å². The molecule has 1 aliphatic carbocycles. The fourth-order valence-electron chi connectivity index (χ4n) is 6.27. The molecule has 5 aliphatic rings. The van der Waals surface area contributed by atoms with Crippen LogP contribution >= 0.6 is 0 Å². The molecule has 2 unspecified atom stereocenters. The number of ether oxygens (including phenoxy) is 3. The second-order valence-electron chi connectivity index (χ2n) is 11.2. The van der Waals surface area contributed by atoms with E-state index in [1.807, 2.05) is 25.7 Å². The average molecular weight is 485 g/mol. The zero-order valence-corrected chi connectivity index (χ0v) is 21.8. The van der Waals surface area contributed by atoms with Gasteiger partial charge in [-0.1, -0.05) is 0 Å². The molecule has 6 rings (SSSR count). The third-order valence-electron chi connectivity index (χ3n) is 7.98. The van der Waals surface area contributed by atoms with Gasteiger partial charge in [0.25, 0.3) is 5.91 Å². The molecule has 0 spiro atoms. The van der Waals surface area contributed by atoms with Gasteiger partial charge in [0.1, 0.15) is 0 Å². The van der Waals surface area contributed by atoms with Gasteiger partial charge >= 0.3 is 0 Å². The summed E-state index contributed by atoms with van der Waals surface area (Å²) in [5, 5.41) is 3.66. The molecule has 35 heavy (non-hydrogen) atoms. The lowest BCUT2D eigenvalue weighted by molar-refractivity contribution is -0.0439. The van der Waals surface area contributed by atoms with E-state index in [1.54, 1.807) is 26.3 Å². The Morgan fingerprint density at radius 2 is 2.00 bits per heavy atom. The predicted molar refractivity (Wildman–Crippen MR) is 136 cm³/mol. The highest BCUT2D eigenvalue weighted by Gasteiger charge is 2.40. The molecule has 3 atom stereocenters. The fraction of sp³-hybridized carbons (Fsp3) is 0.704. The number of carbonyl (C=O) groups excluding carboxylic acids is 1. The van der Waals surface area contributed by atoms with E-state index in [-0.39, 0.29) is 5.91 Å². The van der Waals surface area contributed by atoms with Crippen LogP contribution in [0.15, 0.2) is 17.1 Å². The van der Waals surface area contributed by atoms with E-state index in [2.05, 4.69) is 15.2 Å². The first-order chi connectivity index (χ1) is 16.7. The third-order valence-corrected chi connectivity index (χ3v) is 7.98. The second kappa shape index (κ2) is 9.62. The van der Waals surface area contributed by atoms with Gasteiger partial charge in [-0.05, 0) is 63.6 Å². The van der Waals surface area contributed by atoms with E-state index < -0.39 is 5.79 Å². The number of benzene rings is 1. The molecule has 0 radical (unpaired) electrons. The van der Waals surface area contributed by atoms with Crippen LogP contribution < -0.4 is 19.5 Å². The second-order valence-corrected chi connectivity index (χ2v) is 11.2. The Balaban J connectivity index is 1.33. The van der Waals surface area contributed by atoms with Crippen molar-refractivity contribution in [2.75, 3.05) is 40.3 Å². The molecule has 0 aromatic heterocycles. The summed E-state index contributed by atoms with van der Waals surface area (Å²) in [6, 6.07) is 5.39. The monoisotopic (exact) mass is 484 g/mol. The van der Waals surface area contributed by atoms with Crippen LogP contribution in [-0.4, -0.2) is 85.7 Å². The fourth-order valence-corrected chi connectivity index (χ4v) is 6.27. The highest BCUT2D eigenvalue weighted by molar-refractivity contribution is 5.98. The molecular formula is C27H40N4O4. The smallest absolute Gasteiger partial charge is 0.254 e. The zero-order valence-electron chi connectivity index (χ0n) is 21.8. The molecule has 2 bridgehead atoms. The van der Waals surface area contributed by atoms with Gasteiger partial charge in [0.2, 0.25) is 11.5 Å². The Hall–Kier alpha value is -2.32. The molecule has 4 heterocycles. The van der Waals surface area contributed by atoms with Gasteiger partial charge in [-0.2, -0.15) is 0 Å². The Labute approximate surface area is 209 Å². The quantitative estimate of drug-likeness (QED) is 0.571. The minimum absolute atomic E-state index is 0.0302. The molecule has 4 aliphatic heterocycles. The molecule has 3 saturated heterocycles. The summed E-state index contributed by atoms with van der Waals surface area (Å²) in [5.74, 6) is 1.56. The lowest BCUT2D eigenvalue weighted by Crippen LogP contribution is -2.59. The molecule has 8 nitrogen and oxygen atoms in total. The number of amides is 1. The normalized spacial score (nSPS) is 29.1. The van der Waals surface area contributed by atoms with Gasteiger partial charge in [-0.15, -0.1) is 0 Å². The maximum Gasteiger partial charge on any atom is 0.254 e. The molecule has 1 amide bonds. The lowest BCUT2D eigenvalue weighted by Gasteiger charge is -2.48. The van der Waals surface area contributed by atoms with Gasteiger partial charge < -0.3 is 24.4 Å². The Morgan fingerprint density at radius 1 is 1.26 bits per heavy atom. The van der Waals surface area contributed by atoms with Crippen molar-refractivity contribution in [1.82, 2.24) is 15.1 Å². The highest BCUT2D eigenvalue weighted by Crippen LogP contribution is 2.47.